The van der Waals surface area contributed by atoms with Gasteiger partial charge in [-0.2, -0.15) is 0 Å². The fraction of sp³-hybridized carbons (Fsp3) is 0.100. The number of esters is 1. The highest BCUT2D eigenvalue weighted by atomic mass is 79.9. The highest BCUT2D eigenvalue weighted by molar-refractivity contribution is 9.10. The van der Waals surface area contributed by atoms with Crippen molar-refractivity contribution in [3.05, 3.63) is 37.1 Å². The van der Waals surface area contributed by atoms with Crippen LogP contribution in [0.3, 0.4) is 0 Å². The summed E-state index contributed by atoms with van der Waals surface area (Å²) < 4.78 is 6.15. The maximum Gasteiger partial charge on any atom is 0.350 e. The Hall–Kier alpha value is -0.850. The zero-order valence-corrected chi connectivity index (χ0v) is 11.3. The summed E-state index contributed by atoms with van der Waals surface area (Å²) in [6.07, 6.45) is 0. The molecule has 0 amide bonds. The van der Waals surface area contributed by atoms with Gasteiger partial charge in [0.15, 0.2) is 0 Å². The van der Waals surface area contributed by atoms with Gasteiger partial charge in [0.1, 0.15) is 11.5 Å². The fourth-order valence-electron chi connectivity index (χ4n) is 1.12. The Morgan fingerprint density at radius 3 is 2.88 bits per heavy atom. The summed E-state index contributed by atoms with van der Waals surface area (Å²) in [5, 5.41) is 3.72. The minimum atomic E-state index is -0.364. The van der Waals surface area contributed by atoms with Crippen LogP contribution in [0, 0.1) is 0 Å². The summed E-state index contributed by atoms with van der Waals surface area (Å²) in [5.41, 5.74) is 6.09. The predicted molar refractivity (Wildman–Crippen MR) is 69.9 cm³/mol. The SMILES string of the molecule is Nc1ccsc1C(=O)OCc1cc(Br)cs1. The predicted octanol–water partition coefficient (Wildman–Crippen LogP) is 3.51. The van der Waals surface area contributed by atoms with Crippen LogP contribution in [0.4, 0.5) is 5.69 Å². The molecule has 0 saturated heterocycles. The van der Waals surface area contributed by atoms with E-state index in [1.807, 2.05) is 11.4 Å². The molecule has 0 bridgehead atoms. The molecule has 2 rings (SSSR count). The Morgan fingerprint density at radius 2 is 2.31 bits per heavy atom. The first-order valence-corrected chi connectivity index (χ1v) is 6.95. The molecule has 2 heterocycles. The molecule has 2 N–H and O–H groups in total. The lowest BCUT2D eigenvalue weighted by Crippen LogP contribution is -2.04. The normalized spacial score (nSPS) is 10.3. The van der Waals surface area contributed by atoms with Crippen molar-refractivity contribution in [1.29, 1.82) is 0 Å². The van der Waals surface area contributed by atoms with Crippen molar-refractivity contribution in [2.45, 2.75) is 6.61 Å². The molecule has 6 heteroatoms. The lowest BCUT2D eigenvalue weighted by molar-refractivity contribution is 0.0484. The summed E-state index contributed by atoms with van der Waals surface area (Å²) in [6, 6.07) is 3.62. The van der Waals surface area contributed by atoms with Gasteiger partial charge in [0, 0.05) is 14.7 Å². The van der Waals surface area contributed by atoms with Crippen LogP contribution in [0.1, 0.15) is 14.5 Å². The topological polar surface area (TPSA) is 52.3 Å². The molecule has 0 fully saturated rings. The number of nitrogen functional groups attached to an aromatic ring is 1. The number of thiophene rings is 2. The molecule has 0 unspecified atom stereocenters. The molecule has 0 saturated carbocycles. The third kappa shape index (κ3) is 2.63. The monoisotopic (exact) mass is 317 g/mol. The van der Waals surface area contributed by atoms with Gasteiger partial charge in [-0.15, -0.1) is 22.7 Å². The first-order valence-electron chi connectivity index (χ1n) is 4.40. The number of hydrogen-bond acceptors (Lipinski definition) is 5. The molecule has 0 aliphatic rings. The molecular formula is C10H8BrNO2S2. The molecule has 2 aromatic heterocycles. The number of halogens is 1. The van der Waals surface area contributed by atoms with Crippen molar-refractivity contribution in [3.63, 3.8) is 0 Å². The van der Waals surface area contributed by atoms with Crippen LogP contribution in [0.25, 0.3) is 0 Å². The Kier molecular flexibility index (Phi) is 3.63. The highest BCUT2D eigenvalue weighted by Gasteiger charge is 2.12. The standard InChI is InChI=1S/C10H8BrNO2S2/c11-6-3-7(16-5-6)4-14-10(13)9-8(12)1-2-15-9/h1-3,5H,4,12H2. The van der Waals surface area contributed by atoms with Gasteiger partial charge in [-0.1, -0.05) is 0 Å². The van der Waals surface area contributed by atoms with Crippen molar-refractivity contribution in [1.82, 2.24) is 0 Å². The van der Waals surface area contributed by atoms with Gasteiger partial charge in [-0.25, -0.2) is 4.79 Å². The second-order valence-corrected chi connectivity index (χ2v) is 5.84. The smallest absolute Gasteiger partial charge is 0.350 e. The minimum absolute atomic E-state index is 0.284. The molecule has 0 spiro atoms. The van der Waals surface area contributed by atoms with Gasteiger partial charge in [0.25, 0.3) is 0 Å². The van der Waals surface area contributed by atoms with Crippen molar-refractivity contribution < 1.29 is 9.53 Å². The minimum Gasteiger partial charge on any atom is -0.456 e. The molecule has 0 radical (unpaired) electrons. The van der Waals surface area contributed by atoms with Crippen LogP contribution < -0.4 is 5.73 Å². The van der Waals surface area contributed by atoms with Crippen molar-refractivity contribution >= 4 is 50.3 Å². The molecule has 0 aromatic carbocycles. The van der Waals surface area contributed by atoms with Crippen LogP contribution in [0.15, 0.2) is 27.4 Å². The molecule has 3 nitrogen and oxygen atoms in total. The van der Waals surface area contributed by atoms with E-state index in [4.69, 9.17) is 10.5 Å². The lowest BCUT2D eigenvalue weighted by Gasteiger charge is -2.01. The number of anilines is 1. The largest absolute Gasteiger partial charge is 0.456 e. The Bertz CT molecular complexity index is 506. The number of carbonyl (C=O) groups is 1. The second-order valence-electron chi connectivity index (χ2n) is 3.01. The van der Waals surface area contributed by atoms with E-state index < -0.39 is 0 Å². The van der Waals surface area contributed by atoms with E-state index in [2.05, 4.69) is 15.9 Å². The molecule has 84 valence electrons. The third-order valence-corrected chi connectivity index (χ3v) is 4.43. The van der Waals surface area contributed by atoms with Gasteiger partial charge in [0.2, 0.25) is 0 Å². The van der Waals surface area contributed by atoms with Gasteiger partial charge in [-0.3, -0.25) is 0 Å². The molecule has 0 aliphatic heterocycles. The zero-order chi connectivity index (χ0) is 11.5. The van der Waals surface area contributed by atoms with Crippen LogP contribution in [-0.4, -0.2) is 5.97 Å². The highest BCUT2D eigenvalue weighted by Crippen LogP contribution is 2.23. The Labute approximate surface area is 109 Å². The summed E-state index contributed by atoms with van der Waals surface area (Å²) in [6.45, 7) is 0.284. The number of hydrogen-bond donors (Lipinski definition) is 1. The van der Waals surface area contributed by atoms with Crippen LogP contribution >= 0.6 is 38.6 Å². The van der Waals surface area contributed by atoms with E-state index in [-0.39, 0.29) is 12.6 Å². The lowest BCUT2D eigenvalue weighted by atomic mass is 10.4. The maximum atomic E-state index is 11.6. The van der Waals surface area contributed by atoms with Gasteiger partial charge < -0.3 is 10.5 Å². The van der Waals surface area contributed by atoms with Crippen LogP contribution in [0.5, 0.6) is 0 Å². The summed E-state index contributed by atoms with van der Waals surface area (Å²) in [7, 11) is 0. The average molecular weight is 318 g/mol. The quantitative estimate of drug-likeness (QED) is 0.881. The first-order chi connectivity index (χ1) is 7.66. The van der Waals surface area contributed by atoms with E-state index in [1.54, 1.807) is 22.8 Å². The van der Waals surface area contributed by atoms with Crippen molar-refractivity contribution in [2.24, 2.45) is 0 Å². The van der Waals surface area contributed by atoms with Gasteiger partial charge in [0.05, 0.1) is 5.69 Å². The summed E-state index contributed by atoms with van der Waals surface area (Å²) >= 11 is 6.18. The molecule has 2 aromatic rings. The van der Waals surface area contributed by atoms with Gasteiger partial charge in [-0.05, 0) is 33.4 Å². The average Bonchev–Trinajstić information content (AvgIpc) is 2.84. The molecule has 16 heavy (non-hydrogen) atoms. The fourth-order valence-corrected chi connectivity index (χ4v) is 3.19. The first kappa shape index (κ1) is 11.6. The maximum absolute atomic E-state index is 11.6. The summed E-state index contributed by atoms with van der Waals surface area (Å²) in [4.78, 5) is 13.1. The Balaban J connectivity index is 1.96. The van der Waals surface area contributed by atoms with Crippen LogP contribution in [-0.2, 0) is 11.3 Å². The number of carbonyl (C=O) groups excluding carboxylic acids is 1. The van der Waals surface area contributed by atoms with E-state index in [0.717, 1.165) is 9.35 Å². The zero-order valence-electron chi connectivity index (χ0n) is 8.10. The van der Waals surface area contributed by atoms with Gasteiger partial charge >= 0.3 is 5.97 Å². The van der Waals surface area contributed by atoms with E-state index in [0.29, 0.717) is 10.6 Å². The third-order valence-electron chi connectivity index (χ3n) is 1.85. The van der Waals surface area contributed by atoms with Crippen LogP contribution in [0.2, 0.25) is 0 Å². The van der Waals surface area contributed by atoms with Crippen molar-refractivity contribution in [2.75, 3.05) is 5.73 Å². The number of ether oxygens (including phenoxy) is 1. The van der Waals surface area contributed by atoms with E-state index >= 15 is 0 Å². The van der Waals surface area contributed by atoms with E-state index in [9.17, 15) is 4.79 Å². The summed E-state index contributed by atoms with van der Waals surface area (Å²) in [5.74, 6) is -0.364. The number of rotatable bonds is 3. The number of nitrogens with two attached hydrogens (primary N) is 1. The Morgan fingerprint density at radius 1 is 1.50 bits per heavy atom. The molecule has 0 aliphatic carbocycles. The van der Waals surface area contributed by atoms with E-state index in [1.165, 1.54) is 11.3 Å². The molecule has 0 atom stereocenters. The second kappa shape index (κ2) is 4.99. The van der Waals surface area contributed by atoms with Crippen molar-refractivity contribution in [3.8, 4) is 0 Å². The molecular weight excluding hydrogens is 310 g/mol.